The van der Waals surface area contributed by atoms with Gasteiger partial charge in [-0.3, -0.25) is 4.79 Å². The third-order valence-corrected chi connectivity index (χ3v) is 4.29. The zero-order chi connectivity index (χ0) is 18.2. The van der Waals surface area contributed by atoms with E-state index in [2.05, 4.69) is 24.4 Å². The van der Waals surface area contributed by atoms with E-state index in [-0.39, 0.29) is 18.6 Å². The number of benzene rings is 1. The van der Waals surface area contributed by atoms with Gasteiger partial charge < -0.3 is 19.3 Å². The van der Waals surface area contributed by atoms with E-state index >= 15 is 0 Å². The van der Waals surface area contributed by atoms with Crippen molar-refractivity contribution in [2.24, 2.45) is 0 Å². The van der Waals surface area contributed by atoms with Crippen molar-refractivity contribution in [3.05, 3.63) is 36.4 Å². The molecule has 1 saturated heterocycles. The molecule has 1 aliphatic heterocycles. The van der Waals surface area contributed by atoms with Crippen LogP contribution in [-0.4, -0.2) is 62.1 Å². The molecule has 5 heteroatoms. The maximum Gasteiger partial charge on any atom is 0.255 e. The van der Waals surface area contributed by atoms with Crippen LogP contribution in [0.15, 0.2) is 30.9 Å². The van der Waals surface area contributed by atoms with E-state index in [4.69, 9.17) is 15.9 Å². The Morgan fingerprint density at radius 2 is 2.16 bits per heavy atom. The Morgan fingerprint density at radius 1 is 1.44 bits per heavy atom. The molecule has 1 amide bonds. The van der Waals surface area contributed by atoms with E-state index in [1.165, 1.54) is 0 Å². The van der Waals surface area contributed by atoms with Crippen molar-refractivity contribution in [1.29, 1.82) is 0 Å². The van der Waals surface area contributed by atoms with E-state index < -0.39 is 0 Å². The summed E-state index contributed by atoms with van der Waals surface area (Å²) in [5, 5.41) is 0. The fourth-order valence-electron chi connectivity index (χ4n) is 2.85. The van der Waals surface area contributed by atoms with Crippen molar-refractivity contribution in [3.63, 3.8) is 0 Å². The van der Waals surface area contributed by atoms with Crippen LogP contribution in [0.4, 0.5) is 0 Å². The van der Waals surface area contributed by atoms with Crippen LogP contribution in [0.3, 0.4) is 0 Å². The van der Waals surface area contributed by atoms with Crippen molar-refractivity contribution in [3.8, 4) is 23.8 Å². The second-order valence-corrected chi connectivity index (χ2v) is 6.16. The molecular formula is C20H26N2O3. The van der Waals surface area contributed by atoms with Gasteiger partial charge in [-0.2, -0.15) is 0 Å². The Morgan fingerprint density at radius 3 is 2.76 bits per heavy atom. The van der Waals surface area contributed by atoms with Crippen LogP contribution in [-0.2, 0) is 0 Å². The lowest BCUT2D eigenvalue weighted by atomic mass is 10.1. The van der Waals surface area contributed by atoms with E-state index in [9.17, 15) is 4.79 Å². The summed E-state index contributed by atoms with van der Waals surface area (Å²) in [4.78, 5) is 16.5. The maximum atomic E-state index is 12.6. The smallest absolute Gasteiger partial charge is 0.255 e. The molecule has 1 aromatic carbocycles. The molecule has 0 spiro atoms. The summed E-state index contributed by atoms with van der Waals surface area (Å²) in [5.41, 5.74) is 0.518. The van der Waals surface area contributed by atoms with Gasteiger partial charge in [-0.1, -0.05) is 12.0 Å². The lowest BCUT2D eigenvalue weighted by molar-refractivity contribution is 0.0792. The molecule has 0 unspecified atom stereocenters. The van der Waals surface area contributed by atoms with Crippen LogP contribution >= 0.6 is 0 Å². The van der Waals surface area contributed by atoms with E-state index in [0.29, 0.717) is 23.6 Å². The maximum absolute atomic E-state index is 12.6. The molecule has 0 atom stereocenters. The Balaban J connectivity index is 2.13. The van der Waals surface area contributed by atoms with E-state index in [0.717, 1.165) is 25.9 Å². The zero-order valence-corrected chi connectivity index (χ0v) is 15.0. The summed E-state index contributed by atoms with van der Waals surface area (Å²) in [7, 11) is 3.69. The molecule has 1 aromatic rings. The fraction of sp³-hybridized carbons (Fsp3) is 0.450. The first-order valence-corrected chi connectivity index (χ1v) is 8.46. The number of hydrogen-bond acceptors (Lipinski definition) is 4. The van der Waals surface area contributed by atoms with Gasteiger partial charge in [-0.25, -0.2) is 0 Å². The van der Waals surface area contributed by atoms with Gasteiger partial charge in [0.15, 0.2) is 11.5 Å². The van der Waals surface area contributed by atoms with Crippen molar-refractivity contribution >= 4 is 5.91 Å². The van der Waals surface area contributed by atoms with Gasteiger partial charge in [0.1, 0.15) is 6.10 Å². The number of carbonyl (C=O) groups excluding carboxylic acids is 1. The number of terminal acetylenes is 1. The summed E-state index contributed by atoms with van der Waals surface area (Å²) >= 11 is 0. The Kier molecular flexibility index (Phi) is 6.91. The van der Waals surface area contributed by atoms with Gasteiger partial charge in [-0.05, 0) is 38.1 Å². The SMILES string of the molecule is C#CCN(CC=C)C(=O)c1ccc(OC2CCN(C)CC2)c(OC)c1. The lowest BCUT2D eigenvalue weighted by Gasteiger charge is -2.29. The van der Waals surface area contributed by atoms with Crippen LogP contribution in [0.25, 0.3) is 0 Å². The highest BCUT2D eigenvalue weighted by atomic mass is 16.5. The minimum atomic E-state index is -0.151. The van der Waals surface area contributed by atoms with Crippen LogP contribution in [0.2, 0.25) is 0 Å². The van der Waals surface area contributed by atoms with E-state index in [1.807, 2.05) is 0 Å². The van der Waals surface area contributed by atoms with Gasteiger partial charge in [0.05, 0.1) is 13.7 Å². The van der Waals surface area contributed by atoms with Gasteiger partial charge in [0, 0.05) is 25.2 Å². The van der Waals surface area contributed by atoms with E-state index in [1.54, 1.807) is 36.3 Å². The third kappa shape index (κ3) is 5.01. The van der Waals surface area contributed by atoms with Crippen molar-refractivity contribution in [2.45, 2.75) is 18.9 Å². The first-order chi connectivity index (χ1) is 12.1. The minimum Gasteiger partial charge on any atom is -0.493 e. The number of hydrogen-bond donors (Lipinski definition) is 0. The van der Waals surface area contributed by atoms with Crippen LogP contribution in [0.5, 0.6) is 11.5 Å². The Hall–Kier alpha value is -2.45. The molecule has 0 aliphatic carbocycles. The van der Waals surface area contributed by atoms with Crippen LogP contribution in [0.1, 0.15) is 23.2 Å². The number of piperidine rings is 1. The molecule has 0 bridgehead atoms. The highest BCUT2D eigenvalue weighted by Crippen LogP contribution is 2.31. The highest BCUT2D eigenvalue weighted by Gasteiger charge is 2.21. The fourth-order valence-corrected chi connectivity index (χ4v) is 2.85. The molecule has 1 fully saturated rings. The topological polar surface area (TPSA) is 42.0 Å². The zero-order valence-electron chi connectivity index (χ0n) is 15.0. The summed E-state index contributed by atoms with van der Waals surface area (Å²) in [6, 6.07) is 5.26. The summed E-state index contributed by atoms with van der Waals surface area (Å²) in [6.45, 7) is 6.35. The van der Waals surface area contributed by atoms with Gasteiger partial charge in [0.2, 0.25) is 0 Å². The van der Waals surface area contributed by atoms with Crippen molar-refractivity contribution in [1.82, 2.24) is 9.80 Å². The normalized spacial score (nSPS) is 15.2. The molecule has 1 heterocycles. The standard InChI is InChI=1S/C20H26N2O3/c1-5-11-22(12-6-2)20(23)16-7-8-18(19(15-16)24-4)25-17-9-13-21(3)14-10-17/h1,6-8,15,17H,2,9-14H2,3-4H3. The number of rotatable bonds is 7. The van der Waals surface area contributed by atoms with Crippen molar-refractivity contribution < 1.29 is 14.3 Å². The largest absolute Gasteiger partial charge is 0.493 e. The molecular weight excluding hydrogens is 316 g/mol. The second kappa shape index (κ2) is 9.14. The molecule has 0 saturated carbocycles. The quantitative estimate of drug-likeness (QED) is 0.564. The number of ether oxygens (including phenoxy) is 2. The van der Waals surface area contributed by atoms with Crippen molar-refractivity contribution in [2.75, 3.05) is 40.3 Å². The monoisotopic (exact) mass is 342 g/mol. The number of carbonyl (C=O) groups is 1. The predicted octanol–water partition coefficient (Wildman–Crippen LogP) is 2.43. The number of nitrogens with zero attached hydrogens (tertiary/aromatic N) is 2. The number of likely N-dealkylation sites (tertiary alicyclic amines) is 1. The Labute approximate surface area is 150 Å². The molecule has 0 radical (unpaired) electrons. The first-order valence-electron chi connectivity index (χ1n) is 8.46. The molecule has 1 aliphatic rings. The molecule has 2 rings (SSSR count). The van der Waals surface area contributed by atoms with Gasteiger partial charge >= 0.3 is 0 Å². The molecule has 0 aromatic heterocycles. The third-order valence-electron chi connectivity index (χ3n) is 4.29. The number of amides is 1. The average molecular weight is 342 g/mol. The highest BCUT2D eigenvalue weighted by molar-refractivity contribution is 5.95. The van der Waals surface area contributed by atoms with Crippen LogP contribution in [0, 0.1) is 12.3 Å². The lowest BCUT2D eigenvalue weighted by Crippen LogP contribution is -2.35. The Bertz CT molecular complexity index is 643. The second-order valence-electron chi connectivity index (χ2n) is 6.16. The summed E-state index contributed by atoms with van der Waals surface area (Å²) in [5.74, 6) is 3.57. The molecule has 0 N–H and O–H groups in total. The summed E-state index contributed by atoms with van der Waals surface area (Å²) < 4.78 is 11.5. The van der Waals surface area contributed by atoms with Crippen LogP contribution < -0.4 is 9.47 Å². The average Bonchev–Trinajstić information content (AvgIpc) is 2.63. The van der Waals surface area contributed by atoms with Gasteiger partial charge in [-0.15, -0.1) is 13.0 Å². The van der Waals surface area contributed by atoms with Gasteiger partial charge in [0.25, 0.3) is 5.91 Å². The molecule has 25 heavy (non-hydrogen) atoms. The summed E-state index contributed by atoms with van der Waals surface area (Å²) in [6.07, 6.45) is 9.14. The predicted molar refractivity (Wildman–Crippen MR) is 99.1 cm³/mol. The minimum absolute atomic E-state index is 0.151. The number of methoxy groups -OCH3 is 1. The molecule has 134 valence electrons. The molecule has 5 nitrogen and oxygen atoms in total. The first kappa shape index (κ1) is 18.9.